The molecule has 146 valence electrons. The zero-order chi connectivity index (χ0) is 19.9. The molecule has 0 amide bonds. The third kappa shape index (κ3) is 4.16. The van der Waals surface area contributed by atoms with Gasteiger partial charge in [-0.25, -0.2) is 0 Å². The maximum absolute atomic E-state index is 6.19. The van der Waals surface area contributed by atoms with Crippen molar-refractivity contribution in [1.82, 2.24) is 0 Å². The first-order valence-corrected chi connectivity index (χ1v) is 10.3. The molecule has 2 aromatic carbocycles. The molecule has 0 aliphatic carbocycles. The number of hydrogen-bond donors (Lipinski definition) is 1. The van der Waals surface area contributed by atoms with E-state index in [4.69, 9.17) is 21.0 Å². The quantitative estimate of drug-likeness (QED) is 0.656. The average Bonchev–Trinajstić information content (AvgIpc) is 2.59. The van der Waals surface area contributed by atoms with Crippen molar-refractivity contribution in [2.45, 2.75) is 57.7 Å². The summed E-state index contributed by atoms with van der Waals surface area (Å²) in [6, 6.07) is 18.3. The van der Waals surface area contributed by atoms with E-state index in [-0.39, 0.29) is 11.1 Å². The van der Waals surface area contributed by atoms with Crippen LogP contribution < -0.4 is 10.7 Å². The number of fused-ring (bicyclic) bond motifs is 1. The van der Waals surface area contributed by atoms with Crippen molar-refractivity contribution in [2.24, 2.45) is 4.99 Å². The minimum Gasteiger partial charge on any atom is -0.456 e. The summed E-state index contributed by atoms with van der Waals surface area (Å²) in [5, 5.41) is 5.27. The molecule has 1 aliphatic heterocycles. The van der Waals surface area contributed by atoms with Crippen molar-refractivity contribution in [2.75, 3.05) is 0 Å². The molecule has 3 nitrogen and oxygen atoms in total. The lowest BCUT2D eigenvalue weighted by Crippen LogP contribution is -3.05. The Kier molecular flexibility index (Phi) is 4.84. The van der Waals surface area contributed by atoms with Crippen LogP contribution >= 0.6 is 11.6 Å². The molecule has 28 heavy (non-hydrogen) atoms. The van der Waals surface area contributed by atoms with Crippen LogP contribution in [-0.2, 0) is 0 Å². The second kappa shape index (κ2) is 7.06. The normalized spacial score (nSPS) is 19.8. The first-order valence-electron chi connectivity index (χ1n) is 9.91. The molecular formula is C24H28ClN2O+. The second-order valence-corrected chi connectivity index (χ2v) is 9.75. The van der Waals surface area contributed by atoms with E-state index in [2.05, 4.69) is 45.1 Å². The van der Waals surface area contributed by atoms with E-state index < -0.39 is 0 Å². The summed E-state index contributed by atoms with van der Waals surface area (Å²) < 4.78 is 6.19. The lowest BCUT2D eigenvalue weighted by Gasteiger charge is -2.41. The van der Waals surface area contributed by atoms with Crippen molar-refractivity contribution < 1.29 is 9.73 Å². The molecule has 0 atom stereocenters. The molecule has 4 rings (SSSR count). The summed E-state index contributed by atoms with van der Waals surface area (Å²) in [6.07, 6.45) is 2.13. The van der Waals surface area contributed by atoms with E-state index in [1.165, 1.54) is 0 Å². The Morgan fingerprint density at radius 2 is 1.61 bits per heavy atom. The molecule has 0 radical (unpaired) electrons. The number of hydrogen-bond acceptors (Lipinski definition) is 2. The second-order valence-electron chi connectivity index (χ2n) is 9.31. The van der Waals surface area contributed by atoms with Crippen LogP contribution in [0.2, 0.25) is 5.02 Å². The maximum atomic E-state index is 6.19. The van der Waals surface area contributed by atoms with Crippen molar-refractivity contribution in [3.8, 4) is 11.3 Å². The number of nitrogens with two attached hydrogens (primary N) is 1. The molecule has 0 saturated carbocycles. The molecule has 0 spiro atoms. The number of halogens is 1. The van der Waals surface area contributed by atoms with Crippen LogP contribution in [0.5, 0.6) is 0 Å². The summed E-state index contributed by atoms with van der Waals surface area (Å²) in [6.45, 7) is 9.25. The summed E-state index contributed by atoms with van der Waals surface area (Å²) >= 11 is 6.06. The molecule has 1 saturated heterocycles. The predicted octanol–water partition coefficient (Wildman–Crippen LogP) is 4.94. The number of rotatable bonds is 2. The minimum absolute atomic E-state index is 0.184. The van der Waals surface area contributed by atoms with E-state index >= 15 is 0 Å². The van der Waals surface area contributed by atoms with Crippen molar-refractivity contribution >= 4 is 22.6 Å². The van der Waals surface area contributed by atoms with E-state index in [0.29, 0.717) is 6.04 Å². The first kappa shape index (κ1) is 19.2. The summed E-state index contributed by atoms with van der Waals surface area (Å²) in [7, 11) is 0. The Hall–Kier alpha value is -2.10. The fourth-order valence-corrected chi connectivity index (χ4v) is 4.86. The molecule has 2 heterocycles. The zero-order valence-electron chi connectivity index (χ0n) is 17.0. The lowest BCUT2D eigenvalue weighted by molar-refractivity contribution is -0.787. The highest BCUT2D eigenvalue weighted by Gasteiger charge is 2.41. The van der Waals surface area contributed by atoms with Gasteiger partial charge in [0.1, 0.15) is 11.3 Å². The average molecular weight is 396 g/mol. The van der Waals surface area contributed by atoms with Crippen LogP contribution in [0, 0.1) is 0 Å². The van der Waals surface area contributed by atoms with Crippen molar-refractivity contribution in [1.29, 1.82) is 0 Å². The standard InChI is InChI=1S/C24H27ClN2O/c1-23(2)14-18(15-24(3,4)27-23)26-20-13-22(16-9-11-17(25)12-10-16)28-21-8-6-5-7-19(20)21/h5-13,18,27H,14-15H2,1-4H3/p+1. The van der Waals surface area contributed by atoms with Gasteiger partial charge in [0.05, 0.1) is 22.5 Å². The predicted molar refractivity (Wildman–Crippen MR) is 115 cm³/mol. The minimum atomic E-state index is 0.184. The van der Waals surface area contributed by atoms with Gasteiger partial charge in [0, 0.05) is 34.9 Å². The number of quaternary nitrogens is 1. The molecule has 1 fully saturated rings. The number of piperidine rings is 1. The van der Waals surface area contributed by atoms with Gasteiger partial charge in [0.25, 0.3) is 0 Å². The van der Waals surface area contributed by atoms with Gasteiger partial charge in [-0.2, -0.15) is 0 Å². The van der Waals surface area contributed by atoms with Gasteiger partial charge in [-0.1, -0.05) is 23.7 Å². The van der Waals surface area contributed by atoms with Crippen molar-refractivity contribution in [3.63, 3.8) is 0 Å². The van der Waals surface area contributed by atoms with E-state index in [1.54, 1.807) is 0 Å². The van der Waals surface area contributed by atoms with Gasteiger partial charge in [0.15, 0.2) is 0 Å². The topological polar surface area (TPSA) is 42.1 Å². The Morgan fingerprint density at radius 3 is 2.29 bits per heavy atom. The number of para-hydroxylation sites is 1. The third-order valence-corrected chi connectivity index (χ3v) is 5.66. The van der Waals surface area contributed by atoms with Crippen molar-refractivity contribution in [3.05, 3.63) is 65.0 Å². The van der Waals surface area contributed by atoms with Crippen LogP contribution in [0.15, 0.2) is 64.0 Å². The molecule has 0 unspecified atom stereocenters. The van der Waals surface area contributed by atoms with E-state index in [1.807, 2.05) is 42.5 Å². The SMILES string of the molecule is CC1(C)CC(N=c2cc(-c3ccc(Cl)cc3)oc3ccccc23)CC(C)(C)[NH2+]1. The smallest absolute Gasteiger partial charge is 0.136 e. The van der Waals surface area contributed by atoms with Crippen LogP contribution in [0.3, 0.4) is 0 Å². The molecule has 3 aromatic rings. The lowest BCUT2D eigenvalue weighted by atomic mass is 9.80. The molecule has 4 heteroatoms. The van der Waals surface area contributed by atoms with Gasteiger partial charge in [-0.15, -0.1) is 0 Å². The van der Waals surface area contributed by atoms with Gasteiger partial charge in [0.2, 0.25) is 0 Å². The summed E-state index contributed by atoms with van der Waals surface area (Å²) in [4.78, 5) is 5.24. The third-order valence-electron chi connectivity index (χ3n) is 5.41. The van der Waals surface area contributed by atoms with E-state index in [9.17, 15) is 0 Å². The molecule has 1 aromatic heterocycles. The Labute approximate surface area is 171 Å². The monoisotopic (exact) mass is 395 g/mol. The van der Waals surface area contributed by atoms with Crippen LogP contribution in [-0.4, -0.2) is 17.1 Å². The van der Waals surface area contributed by atoms with Gasteiger partial charge >= 0.3 is 0 Å². The maximum Gasteiger partial charge on any atom is 0.136 e. The van der Waals surface area contributed by atoms with Crippen LogP contribution in [0.25, 0.3) is 22.3 Å². The molecule has 0 bridgehead atoms. The van der Waals surface area contributed by atoms with Crippen LogP contribution in [0.4, 0.5) is 0 Å². The Bertz CT molecular complexity index is 1050. The Morgan fingerprint density at radius 1 is 0.964 bits per heavy atom. The number of benzene rings is 2. The molecule has 2 N–H and O–H groups in total. The zero-order valence-corrected chi connectivity index (χ0v) is 17.8. The first-order chi connectivity index (χ1) is 13.2. The highest BCUT2D eigenvalue weighted by Crippen LogP contribution is 2.26. The van der Waals surface area contributed by atoms with Gasteiger partial charge < -0.3 is 9.73 Å². The van der Waals surface area contributed by atoms with E-state index in [0.717, 1.165) is 45.5 Å². The van der Waals surface area contributed by atoms with Gasteiger partial charge in [-0.05, 0) is 64.1 Å². The molecule has 1 aliphatic rings. The van der Waals surface area contributed by atoms with Gasteiger partial charge in [-0.3, -0.25) is 4.99 Å². The highest BCUT2D eigenvalue weighted by molar-refractivity contribution is 6.30. The summed E-state index contributed by atoms with van der Waals surface area (Å²) in [5.74, 6) is 0.815. The van der Waals surface area contributed by atoms with Crippen LogP contribution in [0.1, 0.15) is 40.5 Å². The number of nitrogens with zero attached hydrogens (tertiary/aromatic N) is 1. The summed E-state index contributed by atoms with van der Waals surface area (Å²) in [5.41, 5.74) is 2.23. The Balaban J connectivity index is 1.85. The largest absolute Gasteiger partial charge is 0.456 e. The highest BCUT2D eigenvalue weighted by atomic mass is 35.5. The molecular weight excluding hydrogens is 368 g/mol. The fraction of sp³-hybridized carbons (Fsp3) is 0.375. The fourth-order valence-electron chi connectivity index (χ4n) is 4.73.